The Kier molecular flexibility index (Phi) is 8.16. The molecule has 307 valence electrons. The lowest BCUT2D eigenvalue weighted by Gasteiger charge is -2.49. The molecular weight excluding hydrogens is 820 g/mol. The van der Waals surface area contributed by atoms with Gasteiger partial charge in [-0.15, -0.1) is 11.3 Å². The molecule has 12 aromatic rings. The Morgan fingerprint density at radius 1 is 0.485 bits per heavy atom. The van der Waals surface area contributed by atoms with Crippen LogP contribution in [-0.2, 0) is 5.41 Å². The highest BCUT2D eigenvalue weighted by atomic mass is 32.1. The van der Waals surface area contributed by atoms with Crippen LogP contribution in [0.2, 0.25) is 0 Å². The first-order valence-electron chi connectivity index (χ1n) is 22.6. The van der Waals surface area contributed by atoms with E-state index in [0.717, 1.165) is 66.8 Å². The lowest BCUT2D eigenvalue weighted by molar-refractivity contribution is 0.669. The van der Waals surface area contributed by atoms with Crippen molar-refractivity contribution in [3.05, 3.63) is 247 Å². The van der Waals surface area contributed by atoms with Crippen molar-refractivity contribution in [3.8, 4) is 22.3 Å². The van der Waals surface area contributed by atoms with Crippen molar-refractivity contribution >= 4 is 100 Å². The fourth-order valence-corrected chi connectivity index (χ4v) is 12.4. The Hall–Kier alpha value is -8.12. The normalized spacial score (nSPS) is 13.4. The lowest BCUT2D eigenvalue weighted by atomic mass is 9.54. The van der Waals surface area contributed by atoms with Gasteiger partial charge in [0.1, 0.15) is 11.2 Å². The van der Waals surface area contributed by atoms with E-state index in [2.05, 4.69) is 242 Å². The number of nitrogens with zero attached hydrogens (tertiary/aromatic N) is 1. The van der Waals surface area contributed by atoms with Gasteiger partial charge in [0.05, 0.1) is 21.5 Å². The predicted molar refractivity (Wildman–Crippen MR) is 279 cm³/mol. The molecule has 2 aliphatic heterocycles. The molecule has 0 saturated carbocycles. The number of fused-ring (bicyclic) bond motifs is 10. The molecule has 0 unspecified atom stereocenters. The summed E-state index contributed by atoms with van der Waals surface area (Å²) in [7, 11) is 2.44. The third-order valence-electron chi connectivity index (χ3n) is 14.0. The molecule has 5 heteroatoms. The molecule has 0 spiro atoms. The van der Waals surface area contributed by atoms with Crippen molar-refractivity contribution in [2.75, 3.05) is 10.2 Å². The maximum atomic E-state index is 6.96. The molecule has 2 aliphatic rings. The highest BCUT2D eigenvalue weighted by Gasteiger charge is 2.48. The van der Waals surface area contributed by atoms with Gasteiger partial charge in [-0.1, -0.05) is 194 Å². The predicted octanol–water partition coefficient (Wildman–Crippen LogP) is 15.2. The highest BCUT2D eigenvalue weighted by Crippen LogP contribution is 2.58. The van der Waals surface area contributed by atoms with E-state index in [-0.39, 0.29) is 0 Å². The number of nitrogens with one attached hydrogen (secondary N) is 1. The van der Waals surface area contributed by atoms with Gasteiger partial charge in [-0.2, -0.15) is 0 Å². The number of hydrogen-bond acceptors (Lipinski definition) is 4. The number of benzene rings is 10. The van der Waals surface area contributed by atoms with Crippen LogP contribution in [0, 0.1) is 0 Å². The molecule has 0 atom stereocenters. The second-order valence-corrected chi connectivity index (χ2v) is 18.5. The average Bonchev–Trinajstić information content (AvgIpc) is 3.96. The summed E-state index contributed by atoms with van der Waals surface area (Å²) in [4.78, 5) is 2.53. The number of thiophene rings is 1. The van der Waals surface area contributed by atoms with Crippen LogP contribution in [-0.4, -0.2) is 7.28 Å². The van der Waals surface area contributed by atoms with Gasteiger partial charge < -0.3 is 14.6 Å². The highest BCUT2D eigenvalue weighted by molar-refractivity contribution is 7.26. The van der Waals surface area contributed by atoms with Crippen LogP contribution in [0.25, 0.3) is 64.4 Å². The number of rotatable bonds is 6. The van der Waals surface area contributed by atoms with Crippen LogP contribution in [0.3, 0.4) is 0 Å². The second kappa shape index (κ2) is 14.4. The van der Waals surface area contributed by atoms with Gasteiger partial charge in [0.25, 0.3) is 0 Å². The van der Waals surface area contributed by atoms with Crippen molar-refractivity contribution in [3.63, 3.8) is 0 Å². The Bertz CT molecular complexity index is 3860. The zero-order chi connectivity index (χ0) is 43.3. The van der Waals surface area contributed by atoms with E-state index >= 15 is 0 Å². The monoisotopic (exact) mass is 857 g/mol. The van der Waals surface area contributed by atoms with Crippen molar-refractivity contribution in [1.29, 1.82) is 0 Å². The molecule has 10 aromatic carbocycles. The van der Waals surface area contributed by atoms with Crippen LogP contribution < -0.4 is 21.1 Å². The van der Waals surface area contributed by atoms with Crippen molar-refractivity contribution in [2.45, 2.75) is 5.41 Å². The minimum Gasteiger partial charge on any atom is -0.456 e. The number of para-hydroxylation sites is 3. The van der Waals surface area contributed by atoms with Gasteiger partial charge in [0, 0.05) is 54.9 Å². The van der Waals surface area contributed by atoms with Crippen LogP contribution in [0.1, 0.15) is 22.3 Å². The molecule has 0 saturated heterocycles. The third-order valence-corrected chi connectivity index (χ3v) is 15.2. The summed E-state index contributed by atoms with van der Waals surface area (Å²) in [5.41, 5.74) is 18.5. The molecule has 4 heterocycles. The lowest BCUT2D eigenvalue weighted by Crippen LogP contribution is -2.47. The van der Waals surface area contributed by atoms with E-state index in [1.807, 2.05) is 11.3 Å². The number of furan rings is 1. The van der Waals surface area contributed by atoms with Gasteiger partial charge in [0.15, 0.2) is 7.28 Å². The zero-order valence-corrected chi connectivity index (χ0v) is 36.5. The molecule has 14 rings (SSSR count). The first-order valence-corrected chi connectivity index (χ1v) is 23.4. The number of hydrogen-bond donors (Lipinski definition) is 1. The van der Waals surface area contributed by atoms with E-state index < -0.39 is 5.41 Å². The minimum absolute atomic E-state index is 0.573. The van der Waals surface area contributed by atoms with E-state index in [1.54, 1.807) is 0 Å². The molecule has 0 fully saturated rings. The Morgan fingerprint density at radius 3 is 1.97 bits per heavy atom. The SMILES string of the molecule is [B]1c2cccc3c2N(c2ccccc2C3(c2ccccc2)c2ccccc2)c2cc3oc4ccccc4c3c(-c3ccc(-c4ccccc4)cc3Nc3cccc4c3sc3ccccc34)c21. The molecule has 2 aromatic heterocycles. The summed E-state index contributed by atoms with van der Waals surface area (Å²) in [5.74, 6) is 0. The largest absolute Gasteiger partial charge is 0.456 e. The maximum absolute atomic E-state index is 6.96. The summed E-state index contributed by atoms with van der Waals surface area (Å²) >= 11 is 1.84. The maximum Gasteiger partial charge on any atom is 0.197 e. The summed E-state index contributed by atoms with van der Waals surface area (Å²) in [6, 6.07) is 81.8. The van der Waals surface area contributed by atoms with Gasteiger partial charge in [-0.3, -0.25) is 0 Å². The summed E-state index contributed by atoms with van der Waals surface area (Å²) < 4.78 is 9.48. The first kappa shape index (κ1) is 37.3. The first-order chi connectivity index (χ1) is 32.7. The standard InChI is InChI=1S/C61H38BN2OS/c1-4-18-38(19-5-1)39-34-35-44(50(36-39)63-49-30-16-26-43-42-24-11-15-33-55(42)66-60(43)49)57-56-45-25-10-14-32-53(45)65-54(56)37-52-58(57)62-48-29-17-28-47-59(48)64(52)51-31-13-12-27-46(51)61(47,40-20-6-2-7-21-40)41-22-8-3-9-23-41/h1-37,63H. The summed E-state index contributed by atoms with van der Waals surface area (Å²) in [6.07, 6.45) is 0. The van der Waals surface area contributed by atoms with Crippen molar-refractivity contribution in [1.82, 2.24) is 0 Å². The smallest absolute Gasteiger partial charge is 0.197 e. The van der Waals surface area contributed by atoms with Crippen LogP contribution in [0.4, 0.5) is 28.4 Å². The quantitative estimate of drug-likeness (QED) is 0.169. The molecule has 66 heavy (non-hydrogen) atoms. The number of anilines is 5. The van der Waals surface area contributed by atoms with Gasteiger partial charge in [-0.05, 0) is 74.7 Å². The van der Waals surface area contributed by atoms with Crippen LogP contribution in [0.5, 0.6) is 0 Å². The molecule has 0 aliphatic carbocycles. The molecule has 3 nitrogen and oxygen atoms in total. The summed E-state index contributed by atoms with van der Waals surface area (Å²) in [6.45, 7) is 0. The van der Waals surface area contributed by atoms with Crippen LogP contribution >= 0.6 is 11.3 Å². The second-order valence-electron chi connectivity index (χ2n) is 17.4. The summed E-state index contributed by atoms with van der Waals surface area (Å²) in [5, 5.41) is 8.81. The molecule has 1 N–H and O–H groups in total. The Balaban J connectivity index is 1.07. The van der Waals surface area contributed by atoms with Crippen molar-refractivity contribution in [2.24, 2.45) is 0 Å². The van der Waals surface area contributed by atoms with Gasteiger partial charge in [0.2, 0.25) is 0 Å². The third kappa shape index (κ3) is 5.32. The van der Waals surface area contributed by atoms with E-state index in [1.165, 1.54) is 59.1 Å². The topological polar surface area (TPSA) is 28.4 Å². The minimum atomic E-state index is -0.573. The average molecular weight is 858 g/mol. The molecular formula is C61H38BN2OS. The zero-order valence-electron chi connectivity index (χ0n) is 35.7. The molecule has 1 radical (unpaired) electrons. The fraction of sp³-hybridized carbons (Fsp3) is 0.0164. The van der Waals surface area contributed by atoms with E-state index in [0.29, 0.717) is 0 Å². The van der Waals surface area contributed by atoms with E-state index in [4.69, 9.17) is 4.42 Å². The molecule has 0 bridgehead atoms. The Morgan fingerprint density at radius 2 is 1.15 bits per heavy atom. The van der Waals surface area contributed by atoms with Crippen molar-refractivity contribution < 1.29 is 4.42 Å². The Labute approximate surface area is 387 Å². The van der Waals surface area contributed by atoms with Crippen LogP contribution in [0.15, 0.2) is 229 Å². The fourth-order valence-electron chi connectivity index (χ4n) is 11.2. The molecule has 0 amide bonds. The van der Waals surface area contributed by atoms with E-state index in [9.17, 15) is 0 Å². The van der Waals surface area contributed by atoms with Gasteiger partial charge in [-0.25, -0.2) is 0 Å². The van der Waals surface area contributed by atoms with Gasteiger partial charge >= 0.3 is 0 Å².